The van der Waals surface area contributed by atoms with Gasteiger partial charge in [0.2, 0.25) is 10.0 Å². The number of piperidine rings is 1. The fourth-order valence-electron chi connectivity index (χ4n) is 3.81. The fraction of sp³-hybridized carbons (Fsp3) is 0.429. The summed E-state index contributed by atoms with van der Waals surface area (Å²) in [7, 11) is -3.84. The quantitative estimate of drug-likeness (QED) is 0.725. The first-order valence-electron chi connectivity index (χ1n) is 9.96. The summed E-state index contributed by atoms with van der Waals surface area (Å²) in [6, 6.07) is 10.8. The van der Waals surface area contributed by atoms with Gasteiger partial charge in [0.05, 0.1) is 0 Å². The Labute approximate surface area is 181 Å². The molecular formula is C21H24ClFN2O4S. The second kappa shape index (κ2) is 9.09. The molecule has 1 N–H and O–H groups in total. The molecule has 0 bridgehead atoms. The topological polar surface area (TPSA) is 67.9 Å². The van der Waals surface area contributed by atoms with Crippen molar-refractivity contribution in [2.75, 3.05) is 32.8 Å². The van der Waals surface area contributed by atoms with Gasteiger partial charge in [0.15, 0.2) is 11.5 Å². The molecule has 2 aromatic rings. The number of ether oxygens (including phenoxy) is 2. The van der Waals surface area contributed by atoms with Gasteiger partial charge < -0.3 is 9.47 Å². The lowest BCUT2D eigenvalue weighted by Crippen LogP contribution is -2.45. The number of halogens is 2. The number of nitrogens with zero attached hydrogens (tertiary/aromatic N) is 1. The van der Waals surface area contributed by atoms with Crippen molar-refractivity contribution in [2.24, 2.45) is 5.92 Å². The second-order valence-corrected chi connectivity index (χ2v) is 9.84. The van der Waals surface area contributed by atoms with E-state index in [1.54, 1.807) is 12.1 Å². The van der Waals surface area contributed by atoms with E-state index >= 15 is 0 Å². The largest absolute Gasteiger partial charge is 0.486 e. The van der Waals surface area contributed by atoms with Crippen LogP contribution in [0.15, 0.2) is 47.4 Å². The molecule has 6 nitrogen and oxygen atoms in total. The van der Waals surface area contributed by atoms with E-state index in [9.17, 15) is 12.8 Å². The van der Waals surface area contributed by atoms with Crippen LogP contribution in [0.3, 0.4) is 0 Å². The first-order valence-corrected chi connectivity index (χ1v) is 11.8. The molecule has 0 saturated carbocycles. The molecule has 1 atom stereocenters. The standard InChI is InChI=1S/C21H24ClFN2O4S/c22-16-5-6-19-20(11-16)29-17(14-28-19)13-25-9-7-15(8-10-25)12-24-30(26,27)21-4-2-1-3-18(21)23/h1-6,11,15,17,24H,7-10,12-14H2. The van der Waals surface area contributed by atoms with Crippen LogP contribution in [0.2, 0.25) is 5.02 Å². The summed E-state index contributed by atoms with van der Waals surface area (Å²) in [6.45, 7) is 3.21. The van der Waals surface area contributed by atoms with Gasteiger partial charge in [-0.1, -0.05) is 23.7 Å². The first-order chi connectivity index (χ1) is 14.4. The van der Waals surface area contributed by atoms with Crippen LogP contribution in [0.5, 0.6) is 11.5 Å². The Balaban J connectivity index is 1.24. The van der Waals surface area contributed by atoms with E-state index in [0.717, 1.165) is 38.5 Å². The Hall–Kier alpha value is -1.87. The minimum Gasteiger partial charge on any atom is -0.486 e. The molecule has 0 amide bonds. The Morgan fingerprint density at radius 3 is 2.67 bits per heavy atom. The molecule has 162 valence electrons. The third-order valence-electron chi connectivity index (χ3n) is 5.48. The van der Waals surface area contributed by atoms with Crippen LogP contribution in [-0.2, 0) is 10.0 Å². The minimum atomic E-state index is -3.84. The van der Waals surface area contributed by atoms with E-state index in [0.29, 0.717) is 29.7 Å². The van der Waals surface area contributed by atoms with Crippen molar-refractivity contribution < 1.29 is 22.3 Å². The highest BCUT2D eigenvalue weighted by atomic mass is 35.5. The summed E-state index contributed by atoms with van der Waals surface area (Å²) < 4.78 is 52.8. The van der Waals surface area contributed by atoms with Gasteiger partial charge in [-0.15, -0.1) is 0 Å². The average Bonchev–Trinajstić information content (AvgIpc) is 2.73. The molecule has 1 unspecified atom stereocenters. The van der Waals surface area contributed by atoms with Gasteiger partial charge in [-0.2, -0.15) is 0 Å². The maximum atomic E-state index is 13.8. The smallest absolute Gasteiger partial charge is 0.243 e. The van der Waals surface area contributed by atoms with E-state index in [1.165, 1.54) is 18.2 Å². The number of hydrogen-bond acceptors (Lipinski definition) is 5. The minimum absolute atomic E-state index is 0.0768. The van der Waals surface area contributed by atoms with Crippen molar-refractivity contribution in [2.45, 2.75) is 23.8 Å². The normalized spacial score (nSPS) is 20.3. The molecule has 9 heteroatoms. The summed E-state index contributed by atoms with van der Waals surface area (Å²) in [5.74, 6) is 0.843. The van der Waals surface area contributed by atoms with Crippen molar-refractivity contribution in [3.8, 4) is 11.5 Å². The summed E-state index contributed by atoms with van der Waals surface area (Å²) in [5.41, 5.74) is 0. The van der Waals surface area contributed by atoms with Crippen molar-refractivity contribution in [3.05, 3.63) is 53.3 Å². The van der Waals surface area contributed by atoms with Crippen molar-refractivity contribution in [3.63, 3.8) is 0 Å². The third kappa shape index (κ3) is 5.06. The van der Waals surface area contributed by atoms with Crippen molar-refractivity contribution >= 4 is 21.6 Å². The molecule has 30 heavy (non-hydrogen) atoms. The van der Waals surface area contributed by atoms with Gasteiger partial charge in [0, 0.05) is 24.2 Å². The summed E-state index contributed by atoms with van der Waals surface area (Å²) in [5, 5.41) is 0.608. The zero-order valence-corrected chi connectivity index (χ0v) is 18.0. The number of sulfonamides is 1. The average molecular weight is 455 g/mol. The van der Waals surface area contributed by atoms with Gasteiger partial charge in [-0.25, -0.2) is 17.5 Å². The molecule has 2 aliphatic rings. The lowest BCUT2D eigenvalue weighted by atomic mass is 9.97. The Morgan fingerprint density at radius 1 is 1.13 bits per heavy atom. The maximum Gasteiger partial charge on any atom is 0.243 e. The molecule has 4 rings (SSSR count). The van der Waals surface area contributed by atoms with E-state index < -0.39 is 15.8 Å². The van der Waals surface area contributed by atoms with Gasteiger partial charge >= 0.3 is 0 Å². The van der Waals surface area contributed by atoms with E-state index in [-0.39, 0.29) is 16.9 Å². The zero-order valence-electron chi connectivity index (χ0n) is 16.4. The number of benzene rings is 2. The van der Waals surface area contributed by atoms with Crippen LogP contribution in [0, 0.1) is 11.7 Å². The molecule has 0 aliphatic carbocycles. The lowest BCUT2D eigenvalue weighted by molar-refractivity contribution is 0.0481. The Bertz CT molecular complexity index is 996. The summed E-state index contributed by atoms with van der Waals surface area (Å²) >= 11 is 6.03. The molecule has 1 saturated heterocycles. The molecule has 2 aromatic carbocycles. The first kappa shape index (κ1) is 21.4. The van der Waals surface area contributed by atoms with Crippen LogP contribution < -0.4 is 14.2 Å². The molecule has 0 spiro atoms. The highest BCUT2D eigenvalue weighted by Crippen LogP contribution is 2.34. The molecule has 1 fully saturated rings. The van der Waals surface area contributed by atoms with Crippen LogP contribution in [0.1, 0.15) is 12.8 Å². The predicted octanol–water partition coefficient (Wildman–Crippen LogP) is 3.31. The zero-order chi connectivity index (χ0) is 21.1. The number of likely N-dealkylation sites (tertiary alicyclic amines) is 1. The number of fused-ring (bicyclic) bond motifs is 1. The summed E-state index contributed by atoms with van der Waals surface area (Å²) in [4.78, 5) is 1.99. The lowest BCUT2D eigenvalue weighted by Gasteiger charge is -2.35. The molecule has 0 radical (unpaired) electrons. The number of rotatable bonds is 6. The Morgan fingerprint density at radius 2 is 1.90 bits per heavy atom. The van der Waals surface area contributed by atoms with E-state index in [2.05, 4.69) is 9.62 Å². The summed E-state index contributed by atoms with van der Waals surface area (Å²) in [6.07, 6.45) is 1.64. The molecule has 2 aliphatic heterocycles. The van der Waals surface area contributed by atoms with Gasteiger partial charge in [-0.05, 0) is 56.1 Å². The van der Waals surface area contributed by atoms with Crippen molar-refractivity contribution in [1.29, 1.82) is 0 Å². The van der Waals surface area contributed by atoms with Crippen LogP contribution >= 0.6 is 11.6 Å². The predicted molar refractivity (Wildman–Crippen MR) is 112 cm³/mol. The molecule has 2 heterocycles. The van der Waals surface area contributed by atoms with E-state index in [4.69, 9.17) is 21.1 Å². The number of nitrogens with one attached hydrogen (secondary N) is 1. The highest BCUT2D eigenvalue weighted by Gasteiger charge is 2.27. The van der Waals surface area contributed by atoms with E-state index in [1.807, 2.05) is 6.07 Å². The second-order valence-electron chi connectivity index (χ2n) is 7.67. The van der Waals surface area contributed by atoms with Crippen LogP contribution in [0.25, 0.3) is 0 Å². The molecular weight excluding hydrogens is 431 g/mol. The van der Waals surface area contributed by atoms with Gasteiger partial charge in [0.25, 0.3) is 0 Å². The van der Waals surface area contributed by atoms with Gasteiger partial charge in [0.1, 0.15) is 23.4 Å². The maximum absolute atomic E-state index is 13.8. The Kier molecular flexibility index (Phi) is 6.48. The monoisotopic (exact) mass is 454 g/mol. The van der Waals surface area contributed by atoms with Crippen LogP contribution in [0.4, 0.5) is 4.39 Å². The highest BCUT2D eigenvalue weighted by molar-refractivity contribution is 7.89. The van der Waals surface area contributed by atoms with Crippen molar-refractivity contribution in [1.82, 2.24) is 9.62 Å². The molecule has 0 aromatic heterocycles. The third-order valence-corrected chi connectivity index (χ3v) is 7.17. The van der Waals surface area contributed by atoms with Gasteiger partial charge in [-0.3, -0.25) is 4.90 Å². The van der Waals surface area contributed by atoms with Crippen LogP contribution in [-0.4, -0.2) is 52.2 Å². The number of hydrogen-bond donors (Lipinski definition) is 1. The fourth-order valence-corrected chi connectivity index (χ4v) is 5.16. The SMILES string of the molecule is O=S(=O)(NCC1CCN(CC2COc3ccc(Cl)cc3O2)CC1)c1ccccc1F.